The van der Waals surface area contributed by atoms with Gasteiger partial charge in [-0.05, 0) is 30.3 Å². The highest BCUT2D eigenvalue weighted by Gasteiger charge is 2.34. The van der Waals surface area contributed by atoms with Gasteiger partial charge in [0.25, 0.3) is 5.91 Å². The number of piperazine rings is 1. The lowest BCUT2D eigenvalue weighted by molar-refractivity contribution is 0.0600. The molecule has 0 radical (unpaired) electrons. The standard InChI is InChI=1S/C19H18F2N2O5S/c1-28-19(25)14-5-2-4-13(12-14)18(24)22-8-10-23(11-9-22)29(26,27)17-15(20)6-3-7-16(17)21/h2-7,12H,8-11H2,1H3. The third-order valence-electron chi connectivity index (χ3n) is 4.57. The van der Waals surface area contributed by atoms with Gasteiger partial charge in [0.1, 0.15) is 11.6 Å². The summed E-state index contributed by atoms with van der Waals surface area (Å²) >= 11 is 0. The van der Waals surface area contributed by atoms with E-state index in [4.69, 9.17) is 0 Å². The molecule has 3 rings (SSSR count). The Morgan fingerprint density at radius 1 is 0.931 bits per heavy atom. The Hall–Kier alpha value is -2.85. The summed E-state index contributed by atoms with van der Waals surface area (Å²) in [6.07, 6.45) is 0. The number of nitrogens with zero attached hydrogens (tertiary/aromatic N) is 2. The third kappa shape index (κ3) is 4.13. The smallest absolute Gasteiger partial charge is 0.337 e. The molecule has 2 aromatic carbocycles. The van der Waals surface area contributed by atoms with Crippen LogP contribution in [0.5, 0.6) is 0 Å². The summed E-state index contributed by atoms with van der Waals surface area (Å²) in [6, 6.07) is 8.83. The van der Waals surface area contributed by atoms with Crippen LogP contribution in [0.15, 0.2) is 47.4 Å². The predicted octanol–water partition coefficient (Wildman–Crippen LogP) is 1.90. The molecule has 1 aliphatic rings. The fourth-order valence-corrected chi connectivity index (χ4v) is 4.60. The van der Waals surface area contributed by atoms with Crippen LogP contribution in [0, 0.1) is 11.6 Å². The zero-order valence-electron chi connectivity index (χ0n) is 15.5. The first-order valence-corrected chi connectivity index (χ1v) is 10.1. The second-order valence-corrected chi connectivity index (χ2v) is 8.19. The number of carbonyl (C=O) groups is 2. The van der Waals surface area contributed by atoms with Gasteiger partial charge >= 0.3 is 5.97 Å². The van der Waals surface area contributed by atoms with Crippen molar-refractivity contribution >= 4 is 21.9 Å². The monoisotopic (exact) mass is 424 g/mol. The number of hydrogen-bond acceptors (Lipinski definition) is 5. The molecule has 1 amide bonds. The van der Waals surface area contributed by atoms with E-state index in [1.54, 1.807) is 6.07 Å². The summed E-state index contributed by atoms with van der Waals surface area (Å²) in [5.74, 6) is -3.29. The highest BCUT2D eigenvalue weighted by atomic mass is 32.2. The minimum atomic E-state index is -4.37. The molecule has 0 aromatic heterocycles. The molecule has 154 valence electrons. The molecule has 1 fully saturated rings. The lowest BCUT2D eigenvalue weighted by Crippen LogP contribution is -2.50. The molecule has 10 heteroatoms. The van der Waals surface area contributed by atoms with Gasteiger partial charge in [-0.3, -0.25) is 4.79 Å². The van der Waals surface area contributed by atoms with Gasteiger partial charge in [0, 0.05) is 31.7 Å². The molecule has 0 saturated carbocycles. The molecule has 0 spiro atoms. The summed E-state index contributed by atoms with van der Waals surface area (Å²) in [5, 5.41) is 0. The molecule has 1 aliphatic heterocycles. The number of amides is 1. The van der Waals surface area contributed by atoms with E-state index in [-0.39, 0.29) is 43.2 Å². The lowest BCUT2D eigenvalue weighted by atomic mass is 10.1. The van der Waals surface area contributed by atoms with Gasteiger partial charge in [-0.25, -0.2) is 22.0 Å². The van der Waals surface area contributed by atoms with Gasteiger partial charge in [0.2, 0.25) is 10.0 Å². The summed E-state index contributed by atoms with van der Waals surface area (Å²) in [7, 11) is -3.14. The van der Waals surface area contributed by atoms with Crippen LogP contribution in [0.3, 0.4) is 0 Å². The van der Waals surface area contributed by atoms with Crippen molar-refractivity contribution in [1.29, 1.82) is 0 Å². The average molecular weight is 424 g/mol. The normalized spacial score (nSPS) is 15.2. The molecule has 29 heavy (non-hydrogen) atoms. The Morgan fingerprint density at radius 2 is 1.48 bits per heavy atom. The first-order chi connectivity index (χ1) is 13.8. The number of benzene rings is 2. The van der Waals surface area contributed by atoms with E-state index in [1.165, 1.54) is 30.2 Å². The van der Waals surface area contributed by atoms with Gasteiger partial charge in [0.15, 0.2) is 4.90 Å². The Kier molecular flexibility index (Phi) is 5.94. The minimum absolute atomic E-state index is 0.0383. The Bertz CT molecular complexity index is 1030. The minimum Gasteiger partial charge on any atom is -0.465 e. The Labute approximate surface area is 166 Å². The second-order valence-electron chi connectivity index (χ2n) is 6.32. The fraction of sp³-hybridized carbons (Fsp3) is 0.263. The van der Waals surface area contributed by atoms with Crippen LogP contribution in [0.2, 0.25) is 0 Å². The van der Waals surface area contributed by atoms with Crippen molar-refractivity contribution in [1.82, 2.24) is 9.21 Å². The van der Waals surface area contributed by atoms with Crippen molar-refractivity contribution in [3.63, 3.8) is 0 Å². The summed E-state index contributed by atoms with van der Waals surface area (Å²) < 4.78 is 58.6. The van der Waals surface area contributed by atoms with Crippen LogP contribution in [-0.4, -0.2) is 62.8 Å². The van der Waals surface area contributed by atoms with E-state index in [2.05, 4.69) is 4.74 Å². The van der Waals surface area contributed by atoms with Gasteiger partial charge < -0.3 is 9.64 Å². The average Bonchev–Trinajstić information content (AvgIpc) is 2.72. The van der Waals surface area contributed by atoms with Crippen molar-refractivity contribution in [3.05, 3.63) is 65.2 Å². The van der Waals surface area contributed by atoms with Crippen LogP contribution >= 0.6 is 0 Å². The SMILES string of the molecule is COC(=O)c1cccc(C(=O)N2CCN(S(=O)(=O)c3c(F)cccc3F)CC2)c1. The molecular weight excluding hydrogens is 406 g/mol. The zero-order valence-corrected chi connectivity index (χ0v) is 16.3. The van der Waals surface area contributed by atoms with Crippen LogP contribution in [-0.2, 0) is 14.8 Å². The molecule has 2 aromatic rings. The Balaban J connectivity index is 1.74. The maximum atomic E-state index is 13.9. The first kappa shape index (κ1) is 20.9. The largest absolute Gasteiger partial charge is 0.465 e. The summed E-state index contributed by atoms with van der Waals surface area (Å²) in [4.78, 5) is 24.7. The molecule has 0 aliphatic carbocycles. The van der Waals surface area contributed by atoms with E-state index < -0.39 is 32.5 Å². The highest BCUT2D eigenvalue weighted by molar-refractivity contribution is 7.89. The first-order valence-electron chi connectivity index (χ1n) is 8.67. The van der Waals surface area contributed by atoms with Crippen LogP contribution in [0.4, 0.5) is 8.78 Å². The van der Waals surface area contributed by atoms with Crippen molar-refractivity contribution in [2.24, 2.45) is 0 Å². The zero-order chi connectivity index (χ0) is 21.2. The number of ether oxygens (including phenoxy) is 1. The molecule has 1 saturated heterocycles. The van der Waals surface area contributed by atoms with Crippen LogP contribution in [0.25, 0.3) is 0 Å². The van der Waals surface area contributed by atoms with Crippen molar-refractivity contribution in [2.75, 3.05) is 33.3 Å². The lowest BCUT2D eigenvalue weighted by Gasteiger charge is -2.34. The van der Waals surface area contributed by atoms with Gasteiger partial charge in [-0.15, -0.1) is 0 Å². The molecule has 0 unspecified atom stereocenters. The van der Waals surface area contributed by atoms with E-state index in [1.807, 2.05) is 0 Å². The number of carbonyl (C=O) groups excluding carboxylic acids is 2. The third-order valence-corrected chi connectivity index (χ3v) is 6.52. The van der Waals surface area contributed by atoms with Crippen LogP contribution in [0.1, 0.15) is 20.7 Å². The van der Waals surface area contributed by atoms with Crippen molar-refractivity contribution in [2.45, 2.75) is 4.90 Å². The molecule has 1 heterocycles. The number of sulfonamides is 1. The molecule has 0 atom stereocenters. The summed E-state index contributed by atoms with van der Waals surface area (Å²) in [5.41, 5.74) is 0.471. The maximum absolute atomic E-state index is 13.9. The quantitative estimate of drug-likeness (QED) is 0.700. The van der Waals surface area contributed by atoms with Gasteiger partial charge in [-0.1, -0.05) is 12.1 Å². The van der Waals surface area contributed by atoms with Crippen molar-refractivity contribution < 1.29 is 31.5 Å². The second kappa shape index (κ2) is 8.26. The van der Waals surface area contributed by atoms with Gasteiger partial charge in [0.05, 0.1) is 12.7 Å². The number of halogens is 2. The van der Waals surface area contributed by atoms with E-state index >= 15 is 0 Å². The molecule has 0 bridgehead atoms. The molecule has 7 nitrogen and oxygen atoms in total. The maximum Gasteiger partial charge on any atom is 0.337 e. The number of hydrogen-bond donors (Lipinski definition) is 0. The van der Waals surface area contributed by atoms with Crippen molar-refractivity contribution in [3.8, 4) is 0 Å². The fourth-order valence-electron chi connectivity index (χ4n) is 3.07. The Morgan fingerprint density at radius 3 is 2.07 bits per heavy atom. The summed E-state index contributed by atoms with van der Waals surface area (Å²) in [6.45, 7) is -0.149. The van der Waals surface area contributed by atoms with E-state index in [0.29, 0.717) is 0 Å². The van der Waals surface area contributed by atoms with E-state index in [9.17, 15) is 26.8 Å². The molecule has 0 N–H and O–H groups in total. The number of esters is 1. The van der Waals surface area contributed by atoms with Crippen LogP contribution < -0.4 is 0 Å². The predicted molar refractivity (Wildman–Crippen MR) is 98.8 cm³/mol. The molecular formula is C19H18F2N2O5S. The number of rotatable bonds is 4. The highest BCUT2D eigenvalue weighted by Crippen LogP contribution is 2.24. The van der Waals surface area contributed by atoms with E-state index in [0.717, 1.165) is 22.5 Å². The number of methoxy groups -OCH3 is 1. The van der Waals surface area contributed by atoms with Gasteiger partial charge in [-0.2, -0.15) is 4.31 Å². The topological polar surface area (TPSA) is 84.0 Å².